The summed E-state index contributed by atoms with van der Waals surface area (Å²) in [5.41, 5.74) is 2.55. The Bertz CT molecular complexity index is 314. The minimum atomic E-state index is 0.399. The topological polar surface area (TPSA) is 41.9 Å². The molecule has 1 aromatic heterocycles. The van der Waals surface area contributed by atoms with Crippen LogP contribution in [0.15, 0.2) is 6.20 Å². The monoisotopic (exact) mass is 194 g/mol. The van der Waals surface area contributed by atoms with Gasteiger partial charge < -0.3 is 10.6 Å². The van der Waals surface area contributed by atoms with Gasteiger partial charge in [0.1, 0.15) is 0 Å². The van der Waals surface area contributed by atoms with E-state index in [0.717, 1.165) is 13.1 Å². The van der Waals surface area contributed by atoms with Gasteiger partial charge in [-0.05, 0) is 13.8 Å². The van der Waals surface area contributed by atoms with Crippen molar-refractivity contribution in [3.8, 4) is 0 Å². The first-order valence-electron chi connectivity index (χ1n) is 5.13. The van der Waals surface area contributed by atoms with E-state index in [9.17, 15) is 0 Å². The van der Waals surface area contributed by atoms with Crippen LogP contribution in [0.2, 0.25) is 0 Å². The molecule has 1 aliphatic rings. The van der Waals surface area contributed by atoms with Gasteiger partial charge in [-0.15, -0.1) is 0 Å². The summed E-state index contributed by atoms with van der Waals surface area (Å²) in [7, 11) is 1.98. The van der Waals surface area contributed by atoms with Crippen molar-refractivity contribution in [1.29, 1.82) is 0 Å². The predicted octanol–water partition coefficient (Wildman–Crippen LogP) is 0.351. The van der Waals surface area contributed by atoms with Gasteiger partial charge in [0.25, 0.3) is 0 Å². The molecule has 0 radical (unpaired) electrons. The smallest absolute Gasteiger partial charge is 0.0540 e. The molecular formula is C10H18N4. The molecule has 0 amide bonds. The van der Waals surface area contributed by atoms with Crippen LogP contribution in [0.25, 0.3) is 0 Å². The van der Waals surface area contributed by atoms with Gasteiger partial charge in [0.15, 0.2) is 0 Å². The summed E-state index contributed by atoms with van der Waals surface area (Å²) in [6.45, 7) is 6.48. The highest BCUT2D eigenvalue weighted by molar-refractivity contribution is 5.20. The van der Waals surface area contributed by atoms with E-state index < -0.39 is 0 Å². The minimum absolute atomic E-state index is 0.399. The lowest BCUT2D eigenvalue weighted by molar-refractivity contribution is 0.338. The first-order chi connectivity index (χ1) is 6.68. The van der Waals surface area contributed by atoms with E-state index in [0.29, 0.717) is 12.1 Å². The molecular weight excluding hydrogens is 176 g/mol. The molecule has 1 unspecified atom stereocenters. The average molecular weight is 194 g/mol. The first kappa shape index (κ1) is 9.68. The van der Waals surface area contributed by atoms with Crippen molar-refractivity contribution in [1.82, 2.24) is 20.4 Å². The summed E-state index contributed by atoms with van der Waals surface area (Å²) in [5, 5.41) is 11.1. The zero-order valence-corrected chi connectivity index (χ0v) is 9.04. The second-order valence-electron chi connectivity index (χ2n) is 4.05. The molecule has 0 bridgehead atoms. The van der Waals surface area contributed by atoms with Crippen LogP contribution in [-0.4, -0.2) is 28.9 Å². The molecule has 0 saturated carbocycles. The molecule has 4 nitrogen and oxygen atoms in total. The quantitative estimate of drug-likeness (QED) is 0.729. The van der Waals surface area contributed by atoms with Gasteiger partial charge in [-0.1, -0.05) is 0 Å². The largest absolute Gasteiger partial charge is 0.314 e. The van der Waals surface area contributed by atoms with E-state index in [2.05, 4.69) is 29.6 Å². The van der Waals surface area contributed by atoms with Crippen LogP contribution in [-0.2, 0) is 7.05 Å². The second-order valence-corrected chi connectivity index (χ2v) is 4.05. The standard InChI is InChI=1S/C10H18N4/c1-7(13-9-4-11-5-9)10-6-12-14(3)8(10)2/h6-7,9,11,13H,4-5H2,1-3H3. The van der Waals surface area contributed by atoms with Crippen molar-refractivity contribution in [2.45, 2.75) is 25.9 Å². The fraction of sp³-hybridized carbons (Fsp3) is 0.700. The lowest BCUT2D eigenvalue weighted by Gasteiger charge is -2.31. The average Bonchev–Trinajstić information content (AvgIpc) is 2.41. The maximum atomic E-state index is 4.25. The maximum absolute atomic E-state index is 4.25. The zero-order chi connectivity index (χ0) is 10.1. The van der Waals surface area contributed by atoms with E-state index in [-0.39, 0.29) is 0 Å². The normalized spacial score (nSPS) is 19.4. The van der Waals surface area contributed by atoms with Crippen LogP contribution in [0.5, 0.6) is 0 Å². The number of hydrogen-bond acceptors (Lipinski definition) is 3. The van der Waals surface area contributed by atoms with E-state index in [1.165, 1.54) is 11.3 Å². The van der Waals surface area contributed by atoms with Crippen LogP contribution in [0.3, 0.4) is 0 Å². The molecule has 4 heteroatoms. The summed E-state index contributed by atoms with van der Waals surface area (Å²) in [6.07, 6.45) is 1.96. The molecule has 14 heavy (non-hydrogen) atoms. The molecule has 1 saturated heterocycles. The van der Waals surface area contributed by atoms with Gasteiger partial charge in [-0.3, -0.25) is 4.68 Å². The third kappa shape index (κ3) is 1.67. The third-order valence-electron chi connectivity index (χ3n) is 3.01. The second kappa shape index (κ2) is 3.71. The van der Waals surface area contributed by atoms with E-state index in [4.69, 9.17) is 0 Å². The van der Waals surface area contributed by atoms with Crippen LogP contribution < -0.4 is 10.6 Å². The predicted molar refractivity (Wildman–Crippen MR) is 56.2 cm³/mol. The summed E-state index contributed by atoms with van der Waals surface area (Å²) in [4.78, 5) is 0. The first-order valence-corrected chi connectivity index (χ1v) is 5.13. The Balaban J connectivity index is 2.02. The van der Waals surface area contributed by atoms with Gasteiger partial charge in [0, 0.05) is 43.5 Å². The van der Waals surface area contributed by atoms with Crippen LogP contribution in [0.4, 0.5) is 0 Å². The van der Waals surface area contributed by atoms with Gasteiger partial charge in [0.2, 0.25) is 0 Å². The molecule has 1 aromatic rings. The fourth-order valence-corrected chi connectivity index (χ4v) is 1.79. The lowest BCUT2D eigenvalue weighted by atomic mass is 10.1. The molecule has 0 aliphatic carbocycles. The number of aromatic nitrogens is 2. The van der Waals surface area contributed by atoms with Crippen molar-refractivity contribution < 1.29 is 0 Å². The molecule has 78 valence electrons. The maximum Gasteiger partial charge on any atom is 0.0540 e. The number of nitrogens with zero attached hydrogens (tertiary/aromatic N) is 2. The molecule has 2 heterocycles. The Morgan fingerprint density at radius 1 is 1.64 bits per heavy atom. The van der Waals surface area contributed by atoms with Gasteiger partial charge in [-0.25, -0.2) is 0 Å². The van der Waals surface area contributed by atoms with Crippen LogP contribution in [0.1, 0.15) is 24.2 Å². The van der Waals surface area contributed by atoms with Gasteiger partial charge in [0.05, 0.1) is 6.20 Å². The summed E-state index contributed by atoms with van der Waals surface area (Å²) in [5.74, 6) is 0. The van der Waals surface area contributed by atoms with E-state index in [1.807, 2.05) is 17.9 Å². The van der Waals surface area contributed by atoms with Crippen molar-refractivity contribution >= 4 is 0 Å². The van der Waals surface area contributed by atoms with Crippen molar-refractivity contribution in [2.75, 3.05) is 13.1 Å². The van der Waals surface area contributed by atoms with Crippen molar-refractivity contribution in [3.63, 3.8) is 0 Å². The Morgan fingerprint density at radius 3 is 2.79 bits per heavy atom. The van der Waals surface area contributed by atoms with Gasteiger partial charge in [-0.2, -0.15) is 5.10 Å². The molecule has 1 aliphatic heterocycles. The number of hydrogen-bond donors (Lipinski definition) is 2. The fourth-order valence-electron chi connectivity index (χ4n) is 1.79. The molecule has 1 fully saturated rings. The zero-order valence-electron chi connectivity index (χ0n) is 9.04. The number of aryl methyl sites for hydroxylation is 1. The van der Waals surface area contributed by atoms with Crippen molar-refractivity contribution in [3.05, 3.63) is 17.5 Å². The van der Waals surface area contributed by atoms with Crippen molar-refractivity contribution in [2.24, 2.45) is 7.05 Å². The van der Waals surface area contributed by atoms with E-state index >= 15 is 0 Å². The Kier molecular flexibility index (Phi) is 2.56. The highest BCUT2D eigenvalue weighted by atomic mass is 15.3. The third-order valence-corrected chi connectivity index (χ3v) is 3.01. The molecule has 0 aromatic carbocycles. The Hall–Kier alpha value is -0.870. The molecule has 0 spiro atoms. The van der Waals surface area contributed by atoms with Crippen LogP contribution >= 0.6 is 0 Å². The minimum Gasteiger partial charge on any atom is -0.314 e. The van der Waals surface area contributed by atoms with E-state index in [1.54, 1.807) is 0 Å². The number of rotatable bonds is 3. The van der Waals surface area contributed by atoms with Crippen LogP contribution in [0, 0.1) is 6.92 Å². The molecule has 2 rings (SSSR count). The highest BCUT2D eigenvalue weighted by Crippen LogP contribution is 2.16. The summed E-state index contributed by atoms with van der Waals surface area (Å²) < 4.78 is 1.92. The lowest BCUT2D eigenvalue weighted by Crippen LogP contribution is -2.55. The molecule has 2 N–H and O–H groups in total. The Morgan fingerprint density at radius 2 is 2.36 bits per heavy atom. The summed E-state index contributed by atoms with van der Waals surface area (Å²) >= 11 is 0. The summed E-state index contributed by atoms with van der Waals surface area (Å²) in [6, 6.07) is 1.03. The van der Waals surface area contributed by atoms with Gasteiger partial charge >= 0.3 is 0 Å². The SMILES string of the molecule is Cc1c(C(C)NC2CNC2)cnn1C. The Labute approximate surface area is 84.7 Å². The highest BCUT2D eigenvalue weighted by Gasteiger charge is 2.20. The molecule has 1 atom stereocenters. The number of nitrogens with one attached hydrogen (secondary N) is 2.